The zero-order valence-corrected chi connectivity index (χ0v) is 20.9. The molecule has 2 fully saturated rings. The van der Waals surface area contributed by atoms with E-state index in [0.29, 0.717) is 50.0 Å². The predicted molar refractivity (Wildman–Crippen MR) is 127 cm³/mol. The molecule has 1 aromatic rings. The number of carbonyl (C=O) groups excluding carboxylic acids is 1. The zero-order chi connectivity index (χ0) is 24.4. The number of morpholine rings is 2. The molecule has 0 radical (unpaired) electrons. The van der Waals surface area contributed by atoms with E-state index in [9.17, 15) is 4.79 Å². The van der Waals surface area contributed by atoms with Gasteiger partial charge in [-0.1, -0.05) is 20.8 Å². The molecule has 0 bridgehead atoms. The summed E-state index contributed by atoms with van der Waals surface area (Å²) in [5.41, 5.74) is 1.01. The standard InChI is InChI=1S/C24H39N3O7/c1-24(2,3)20-17-19(32-16-11-27-9-14-31-15-10-27)18-21(23(20)33-34-29-4)25-22(28)5-6-26-7-12-30-13-8-26/h17-18H,5-16H2,1-4H3,(H,25,28). The highest BCUT2D eigenvalue weighted by atomic mass is 17.5. The van der Waals surface area contributed by atoms with Crippen LogP contribution in [0.2, 0.25) is 0 Å². The molecule has 0 aromatic heterocycles. The van der Waals surface area contributed by atoms with Gasteiger partial charge in [-0.2, -0.15) is 4.89 Å². The maximum absolute atomic E-state index is 12.8. The monoisotopic (exact) mass is 481 g/mol. The van der Waals surface area contributed by atoms with Gasteiger partial charge in [-0.3, -0.25) is 14.6 Å². The van der Waals surface area contributed by atoms with Crippen molar-refractivity contribution in [3.05, 3.63) is 17.7 Å². The van der Waals surface area contributed by atoms with Crippen molar-refractivity contribution in [3.8, 4) is 11.5 Å². The predicted octanol–water partition coefficient (Wildman–Crippen LogP) is 2.23. The molecule has 3 rings (SSSR count). The third-order valence-corrected chi connectivity index (χ3v) is 5.87. The van der Waals surface area contributed by atoms with Crippen molar-refractivity contribution in [1.82, 2.24) is 9.80 Å². The van der Waals surface area contributed by atoms with Crippen molar-refractivity contribution in [3.63, 3.8) is 0 Å². The molecule has 2 aliphatic rings. The van der Waals surface area contributed by atoms with Crippen LogP contribution in [0.5, 0.6) is 11.5 Å². The molecule has 1 N–H and O–H groups in total. The van der Waals surface area contributed by atoms with Crippen LogP contribution in [-0.2, 0) is 29.6 Å². The number of ether oxygens (including phenoxy) is 3. The number of hydrogen-bond acceptors (Lipinski definition) is 9. The Bertz CT molecular complexity index is 773. The SMILES string of the molecule is COOOc1c(NC(=O)CCN2CCOCC2)cc(OCCN2CCOCC2)cc1C(C)(C)C. The molecule has 0 aliphatic carbocycles. The van der Waals surface area contributed by atoms with Gasteiger partial charge < -0.3 is 24.4 Å². The van der Waals surface area contributed by atoms with E-state index < -0.39 is 0 Å². The Morgan fingerprint density at radius 3 is 2.21 bits per heavy atom. The molecule has 0 unspecified atom stereocenters. The van der Waals surface area contributed by atoms with Crippen LogP contribution >= 0.6 is 0 Å². The van der Waals surface area contributed by atoms with E-state index in [-0.39, 0.29) is 11.3 Å². The van der Waals surface area contributed by atoms with Crippen LogP contribution in [0.25, 0.3) is 0 Å². The van der Waals surface area contributed by atoms with Crippen molar-refractivity contribution >= 4 is 11.6 Å². The van der Waals surface area contributed by atoms with Gasteiger partial charge in [0, 0.05) is 57.3 Å². The summed E-state index contributed by atoms with van der Waals surface area (Å²) < 4.78 is 16.9. The van der Waals surface area contributed by atoms with E-state index in [1.54, 1.807) is 6.07 Å². The smallest absolute Gasteiger partial charge is 0.225 e. The Labute approximate surface area is 202 Å². The molecule has 2 heterocycles. The van der Waals surface area contributed by atoms with E-state index in [0.717, 1.165) is 51.5 Å². The topological polar surface area (TPSA) is 91.0 Å². The molecule has 0 saturated carbocycles. The highest BCUT2D eigenvalue weighted by Crippen LogP contribution is 2.41. The van der Waals surface area contributed by atoms with Crippen LogP contribution in [0.15, 0.2) is 12.1 Å². The molecule has 0 atom stereocenters. The first-order valence-corrected chi connectivity index (χ1v) is 12.0. The molecule has 1 aromatic carbocycles. The summed E-state index contributed by atoms with van der Waals surface area (Å²) in [5, 5.41) is 7.79. The molecule has 2 saturated heterocycles. The second kappa shape index (κ2) is 13.2. The van der Waals surface area contributed by atoms with Gasteiger partial charge >= 0.3 is 0 Å². The van der Waals surface area contributed by atoms with Gasteiger partial charge in [-0.15, -0.1) is 0 Å². The Kier molecular flexibility index (Phi) is 10.4. The zero-order valence-electron chi connectivity index (χ0n) is 20.9. The summed E-state index contributed by atoms with van der Waals surface area (Å²) in [6.45, 7) is 14.6. The van der Waals surface area contributed by atoms with Crippen molar-refractivity contribution in [1.29, 1.82) is 0 Å². The van der Waals surface area contributed by atoms with E-state index in [2.05, 4.69) is 40.8 Å². The number of rotatable bonds is 11. The highest BCUT2D eigenvalue weighted by molar-refractivity contribution is 5.93. The second-order valence-electron chi connectivity index (χ2n) is 9.47. The van der Waals surface area contributed by atoms with Gasteiger partial charge in [0.2, 0.25) is 5.91 Å². The molecular weight excluding hydrogens is 442 g/mol. The summed E-state index contributed by atoms with van der Waals surface area (Å²) >= 11 is 0. The first-order chi connectivity index (χ1) is 16.4. The fourth-order valence-corrected chi connectivity index (χ4v) is 3.91. The third-order valence-electron chi connectivity index (χ3n) is 5.87. The number of benzene rings is 1. The number of nitrogens with zero attached hydrogens (tertiary/aromatic N) is 2. The molecule has 10 heteroatoms. The van der Waals surface area contributed by atoms with Gasteiger partial charge in [0.05, 0.1) is 39.2 Å². The van der Waals surface area contributed by atoms with Gasteiger partial charge in [0.25, 0.3) is 0 Å². The normalized spacial score (nSPS) is 18.0. The lowest BCUT2D eigenvalue weighted by atomic mass is 9.85. The van der Waals surface area contributed by atoms with Crippen molar-refractivity contribution < 1.29 is 33.8 Å². The summed E-state index contributed by atoms with van der Waals surface area (Å²) in [4.78, 5) is 27.5. The van der Waals surface area contributed by atoms with E-state index >= 15 is 0 Å². The van der Waals surface area contributed by atoms with Crippen LogP contribution in [0.1, 0.15) is 32.8 Å². The Balaban J connectivity index is 1.72. The lowest BCUT2D eigenvalue weighted by Gasteiger charge is -2.27. The van der Waals surface area contributed by atoms with Crippen LogP contribution in [0.3, 0.4) is 0 Å². The van der Waals surface area contributed by atoms with Crippen molar-refractivity contribution in [2.45, 2.75) is 32.6 Å². The number of hydrogen-bond donors (Lipinski definition) is 1. The summed E-state index contributed by atoms with van der Waals surface area (Å²) in [6, 6.07) is 3.70. The summed E-state index contributed by atoms with van der Waals surface area (Å²) in [7, 11) is 1.36. The molecule has 10 nitrogen and oxygen atoms in total. The minimum absolute atomic E-state index is 0.112. The summed E-state index contributed by atoms with van der Waals surface area (Å²) in [5.74, 6) is 0.945. The minimum atomic E-state index is -0.302. The molecule has 192 valence electrons. The molecule has 2 aliphatic heterocycles. The number of amides is 1. The van der Waals surface area contributed by atoms with Crippen LogP contribution in [-0.4, -0.2) is 95.1 Å². The third kappa shape index (κ3) is 8.37. The highest BCUT2D eigenvalue weighted by Gasteiger charge is 2.26. The average molecular weight is 482 g/mol. The van der Waals surface area contributed by atoms with E-state index in [4.69, 9.17) is 24.1 Å². The maximum Gasteiger partial charge on any atom is 0.225 e. The largest absolute Gasteiger partial charge is 0.492 e. The lowest BCUT2D eigenvalue weighted by Crippen LogP contribution is -2.38. The molecule has 34 heavy (non-hydrogen) atoms. The first-order valence-electron chi connectivity index (χ1n) is 12.0. The van der Waals surface area contributed by atoms with Gasteiger partial charge in [0.1, 0.15) is 12.4 Å². The fraction of sp³-hybridized carbons (Fsp3) is 0.708. The second-order valence-corrected chi connectivity index (χ2v) is 9.47. The van der Waals surface area contributed by atoms with Crippen LogP contribution < -0.4 is 14.9 Å². The quantitative estimate of drug-likeness (QED) is 0.377. The molecular formula is C24H39N3O7. The van der Waals surface area contributed by atoms with Crippen LogP contribution in [0, 0.1) is 0 Å². The van der Waals surface area contributed by atoms with E-state index in [1.165, 1.54) is 7.11 Å². The van der Waals surface area contributed by atoms with E-state index in [1.807, 2.05) is 6.07 Å². The average Bonchev–Trinajstić information content (AvgIpc) is 2.82. The van der Waals surface area contributed by atoms with Crippen LogP contribution in [0.4, 0.5) is 5.69 Å². The summed E-state index contributed by atoms with van der Waals surface area (Å²) in [6.07, 6.45) is 0.359. The fourth-order valence-electron chi connectivity index (χ4n) is 3.91. The number of anilines is 1. The minimum Gasteiger partial charge on any atom is -0.492 e. The molecule has 1 amide bonds. The first kappa shape index (κ1) is 26.7. The maximum atomic E-state index is 12.8. The Hall–Kier alpha value is -1.95. The van der Waals surface area contributed by atoms with Gasteiger partial charge in [-0.25, -0.2) is 0 Å². The number of carbonyl (C=O) groups is 1. The number of nitrogens with one attached hydrogen (secondary N) is 1. The van der Waals surface area contributed by atoms with Gasteiger partial charge in [0.15, 0.2) is 5.75 Å². The van der Waals surface area contributed by atoms with Crippen molar-refractivity contribution in [2.24, 2.45) is 0 Å². The Morgan fingerprint density at radius 2 is 1.62 bits per heavy atom. The van der Waals surface area contributed by atoms with Gasteiger partial charge in [-0.05, 0) is 16.5 Å². The van der Waals surface area contributed by atoms with Crippen molar-refractivity contribution in [2.75, 3.05) is 84.7 Å². The Morgan fingerprint density at radius 1 is 1.00 bits per heavy atom. The molecule has 0 spiro atoms. The lowest BCUT2D eigenvalue weighted by molar-refractivity contribution is -0.453.